The Kier molecular flexibility index (Phi) is 6.40. The molecule has 2 amide bonds. The Balaban J connectivity index is 2.07. The molecule has 0 atom stereocenters. The number of nitrogens with zero attached hydrogens (tertiary/aromatic N) is 2. The van der Waals surface area contributed by atoms with Gasteiger partial charge in [-0.2, -0.15) is 5.26 Å². The van der Waals surface area contributed by atoms with Crippen molar-refractivity contribution >= 4 is 46.4 Å². The number of anilines is 2. The Morgan fingerprint density at radius 1 is 1.16 bits per heavy atom. The van der Waals surface area contributed by atoms with Crippen molar-refractivity contribution in [3.05, 3.63) is 58.1 Å². The number of benzene rings is 2. The number of amides is 2. The molecule has 2 aromatic carbocycles. The zero-order valence-corrected chi connectivity index (χ0v) is 14.9. The molecule has 0 bridgehead atoms. The third-order valence-corrected chi connectivity index (χ3v) is 3.84. The molecule has 0 spiro atoms. The van der Waals surface area contributed by atoms with Crippen molar-refractivity contribution in [2.45, 2.75) is 13.3 Å². The first kappa shape index (κ1) is 18.8. The normalized spacial score (nSPS) is 10.0. The third kappa shape index (κ3) is 5.21. The minimum Gasteiger partial charge on any atom is -0.326 e. The minimum absolute atomic E-state index is 0.0590. The highest BCUT2D eigenvalue weighted by molar-refractivity contribution is 6.35. The van der Waals surface area contributed by atoms with E-state index in [1.165, 1.54) is 11.8 Å². The lowest BCUT2D eigenvalue weighted by Gasteiger charge is -2.22. The molecule has 7 heteroatoms. The number of para-hydroxylation sites is 1. The molecule has 0 aliphatic heterocycles. The molecule has 0 aliphatic carbocycles. The van der Waals surface area contributed by atoms with Gasteiger partial charge >= 0.3 is 0 Å². The molecule has 2 rings (SSSR count). The second-order valence-corrected chi connectivity index (χ2v) is 6.13. The number of carbonyl (C=O) groups excluding carboxylic acids is 2. The lowest BCUT2D eigenvalue weighted by Crippen LogP contribution is -2.32. The highest BCUT2D eigenvalue weighted by atomic mass is 35.5. The maximum absolute atomic E-state index is 12.1. The smallest absolute Gasteiger partial charge is 0.226 e. The average Bonchev–Trinajstić information content (AvgIpc) is 2.54. The predicted molar refractivity (Wildman–Crippen MR) is 98.9 cm³/mol. The summed E-state index contributed by atoms with van der Waals surface area (Å²) < 4.78 is 0. The van der Waals surface area contributed by atoms with Crippen molar-refractivity contribution in [1.29, 1.82) is 5.26 Å². The van der Waals surface area contributed by atoms with Crippen molar-refractivity contribution < 1.29 is 9.59 Å². The van der Waals surface area contributed by atoms with Crippen LogP contribution in [0.2, 0.25) is 10.0 Å². The van der Waals surface area contributed by atoms with Crippen LogP contribution < -0.4 is 10.2 Å². The molecule has 0 aliphatic rings. The molecule has 1 N–H and O–H groups in total. The second kappa shape index (κ2) is 8.52. The van der Waals surface area contributed by atoms with Crippen molar-refractivity contribution in [2.75, 3.05) is 16.8 Å². The zero-order chi connectivity index (χ0) is 18.4. The topological polar surface area (TPSA) is 73.2 Å². The first-order chi connectivity index (χ1) is 11.9. The molecule has 0 radical (unpaired) electrons. The van der Waals surface area contributed by atoms with Crippen LogP contribution >= 0.6 is 23.2 Å². The summed E-state index contributed by atoms with van der Waals surface area (Å²) in [6, 6.07) is 13.5. The maximum atomic E-state index is 12.1. The lowest BCUT2D eigenvalue weighted by molar-refractivity contribution is -0.117. The van der Waals surface area contributed by atoms with E-state index in [0.29, 0.717) is 27.0 Å². The second-order valence-electron chi connectivity index (χ2n) is 5.26. The number of carbonyl (C=O) groups is 2. The Morgan fingerprint density at radius 2 is 1.80 bits per heavy atom. The minimum atomic E-state index is -0.293. The standard InChI is InChI=1S/C18H15Cl2N3O2/c1-12(24)23(17-5-3-2-4-13(17)11-21)7-6-18(25)22-16-9-14(19)8-15(20)10-16/h2-5,8-10H,6-7H2,1H3,(H,22,25). The average molecular weight is 376 g/mol. The van der Waals surface area contributed by atoms with Crippen LogP contribution in [0.15, 0.2) is 42.5 Å². The number of halogens is 2. The number of hydrogen-bond donors (Lipinski definition) is 1. The maximum Gasteiger partial charge on any atom is 0.226 e. The van der Waals surface area contributed by atoms with Gasteiger partial charge in [0, 0.05) is 35.6 Å². The van der Waals surface area contributed by atoms with Gasteiger partial charge in [-0.3, -0.25) is 9.59 Å². The van der Waals surface area contributed by atoms with Crippen LogP contribution in [0.4, 0.5) is 11.4 Å². The van der Waals surface area contributed by atoms with Gasteiger partial charge in [0.2, 0.25) is 11.8 Å². The van der Waals surface area contributed by atoms with Crippen LogP contribution in [-0.2, 0) is 9.59 Å². The zero-order valence-electron chi connectivity index (χ0n) is 13.4. The highest BCUT2D eigenvalue weighted by Crippen LogP contribution is 2.23. The van der Waals surface area contributed by atoms with Gasteiger partial charge in [0.15, 0.2) is 0 Å². The Labute approximate surface area is 155 Å². The van der Waals surface area contributed by atoms with Gasteiger partial charge in [-0.1, -0.05) is 35.3 Å². The van der Waals surface area contributed by atoms with Gasteiger partial charge in [0.25, 0.3) is 0 Å². The summed E-state index contributed by atoms with van der Waals surface area (Å²) in [5.41, 5.74) is 1.34. The first-order valence-corrected chi connectivity index (χ1v) is 8.19. The molecular formula is C18H15Cl2N3O2. The summed E-state index contributed by atoms with van der Waals surface area (Å²) in [4.78, 5) is 25.5. The van der Waals surface area contributed by atoms with Gasteiger partial charge in [0.1, 0.15) is 6.07 Å². The SMILES string of the molecule is CC(=O)N(CCC(=O)Nc1cc(Cl)cc(Cl)c1)c1ccccc1C#N. The highest BCUT2D eigenvalue weighted by Gasteiger charge is 2.16. The van der Waals surface area contributed by atoms with E-state index < -0.39 is 0 Å². The first-order valence-electron chi connectivity index (χ1n) is 7.44. The van der Waals surface area contributed by atoms with Crippen molar-refractivity contribution in [2.24, 2.45) is 0 Å². The van der Waals surface area contributed by atoms with Crippen LogP contribution in [0.25, 0.3) is 0 Å². The van der Waals surface area contributed by atoms with E-state index in [-0.39, 0.29) is 24.8 Å². The van der Waals surface area contributed by atoms with Gasteiger partial charge in [-0.05, 0) is 30.3 Å². The molecule has 128 valence electrons. The monoisotopic (exact) mass is 375 g/mol. The predicted octanol–water partition coefficient (Wildman–Crippen LogP) is 4.25. The molecule has 25 heavy (non-hydrogen) atoms. The number of hydrogen-bond acceptors (Lipinski definition) is 3. The van der Waals surface area contributed by atoms with Gasteiger partial charge < -0.3 is 10.2 Å². The molecule has 0 unspecified atom stereocenters. The Bertz CT molecular complexity index is 826. The van der Waals surface area contributed by atoms with Crippen molar-refractivity contribution in [1.82, 2.24) is 0 Å². The van der Waals surface area contributed by atoms with Crippen LogP contribution in [0.1, 0.15) is 18.9 Å². The number of nitrogens with one attached hydrogen (secondary N) is 1. The lowest BCUT2D eigenvalue weighted by atomic mass is 10.1. The molecule has 0 heterocycles. The van der Waals surface area contributed by atoms with E-state index >= 15 is 0 Å². The summed E-state index contributed by atoms with van der Waals surface area (Å²) in [7, 11) is 0. The largest absolute Gasteiger partial charge is 0.326 e. The molecule has 0 fully saturated rings. The quantitative estimate of drug-likeness (QED) is 0.848. The molecule has 0 saturated heterocycles. The third-order valence-electron chi connectivity index (χ3n) is 3.40. The van der Waals surface area contributed by atoms with Gasteiger partial charge in [0.05, 0.1) is 11.3 Å². The molecule has 5 nitrogen and oxygen atoms in total. The summed E-state index contributed by atoms with van der Waals surface area (Å²) in [6.45, 7) is 1.54. The van der Waals surface area contributed by atoms with E-state index in [4.69, 9.17) is 23.2 Å². The van der Waals surface area contributed by atoms with Gasteiger partial charge in [-0.15, -0.1) is 0 Å². The molecule has 2 aromatic rings. The van der Waals surface area contributed by atoms with Gasteiger partial charge in [-0.25, -0.2) is 0 Å². The van der Waals surface area contributed by atoms with E-state index in [9.17, 15) is 14.9 Å². The fourth-order valence-corrected chi connectivity index (χ4v) is 2.84. The van der Waals surface area contributed by atoms with Crippen LogP contribution in [0, 0.1) is 11.3 Å². The number of nitriles is 1. The summed E-state index contributed by atoms with van der Waals surface area (Å²) >= 11 is 11.8. The van der Waals surface area contributed by atoms with E-state index in [1.807, 2.05) is 6.07 Å². The van der Waals surface area contributed by atoms with Crippen LogP contribution in [0.5, 0.6) is 0 Å². The van der Waals surface area contributed by atoms with Crippen molar-refractivity contribution in [3.8, 4) is 6.07 Å². The van der Waals surface area contributed by atoms with E-state index in [2.05, 4.69) is 5.32 Å². The number of rotatable bonds is 5. The van der Waals surface area contributed by atoms with Crippen LogP contribution in [-0.4, -0.2) is 18.4 Å². The van der Waals surface area contributed by atoms with E-state index in [1.54, 1.807) is 42.5 Å². The fourth-order valence-electron chi connectivity index (χ4n) is 2.31. The molecule has 0 aromatic heterocycles. The molecule has 0 saturated carbocycles. The summed E-state index contributed by atoms with van der Waals surface area (Å²) in [5, 5.41) is 12.7. The fraction of sp³-hybridized carbons (Fsp3) is 0.167. The summed E-state index contributed by atoms with van der Waals surface area (Å²) in [5.74, 6) is -0.541. The van der Waals surface area contributed by atoms with E-state index in [0.717, 1.165) is 0 Å². The van der Waals surface area contributed by atoms with Crippen LogP contribution in [0.3, 0.4) is 0 Å². The summed E-state index contributed by atoms with van der Waals surface area (Å²) in [6.07, 6.45) is 0.0590. The molecular weight excluding hydrogens is 361 g/mol. The Hall–Kier alpha value is -2.55. The Morgan fingerprint density at radius 3 is 2.40 bits per heavy atom. The van der Waals surface area contributed by atoms with Crippen molar-refractivity contribution in [3.63, 3.8) is 0 Å².